The average Bonchev–Trinajstić information content (AvgIpc) is 2.43. The number of amides is 1. The van der Waals surface area contributed by atoms with E-state index < -0.39 is 35.0 Å². The molecule has 7 nitrogen and oxygen atoms in total. The molecule has 0 radical (unpaired) electrons. The second kappa shape index (κ2) is 4.99. The van der Waals surface area contributed by atoms with Crippen molar-refractivity contribution in [3.63, 3.8) is 0 Å². The summed E-state index contributed by atoms with van der Waals surface area (Å²) < 4.78 is 0. The van der Waals surface area contributed by atoms with E-state index in [2.05, 4.69) is 0 Å². The number of fused-ring (bicyclic) bond motifs is 2. The Kier molecular flexibility index (Phi) is 3.33. The maximum atomic E-state index is 12.2. The summed E-state index contributed by atoms with van der Waals surface area (Å²) in [5.74, 6) is -3.70. The van der Waals surface area contributed by atoms with Crippen LogP contribution in [-0.2, 0) is 9.59 Å². The van der Waals surface area contributed by atoms with Gasteiger partial charge in [0.1, 0.15) is 22.9 Å². The van der Waals surface area contributed by atoms with Gasteiger partial charge >= 0.3 is 0 Å². The van der Waals surface area contributed by atoms with Crippen molar-refractivity contribution >= 4 is 11.7 Å². The van der Waals surface area contributed by atoms with E-state index in [1.165, 1.54) is 0 Å². The molecule has 7 N–H and O–H groups in total. The summed E-state index contributed by atoms with van der Waals surface area (Å²) in [6.45, 7) is 1.86. The molecule has 7 heteroatoms. The van der Waals surface area contributed by atoms with Gasteiger partial charge in [0.2, 0.25) is 0 Å². The predicted octanol–water partition coefficient (Wildman–Crippen LogP) is 0.804. The van der Waals surface area contributed by atoms with E-state index in [9.17, 15) is 24.9 Å². The third-order valence-electron chi connectivity index (χ3n) is 4.78. The smallest absolute Gasteiger partial charge is 0.256 e. The number of carbonyl (C=O) groups excluding carboxylic acids is 2. The summed E-state index contributed by atoms with van der Waals surface area (Å²) >= 11 is 0. The topological polar surface area (TPSA) is 147 Å². The van der Waals surface area contributed by atoms with E-state index >= 15 is 0 Å². The monoisotopic (exact) mass is 318 g/mol. The number of rotatable bonds is 1. The molecule has 0 saturated heterocycles. The Morgan fingerprint density at radius 3 is 2.48 bits per heavy atom. The van der Waals surface area contributed by atoms with Crippen LogP contribution >= 0.6 is 0 Å². The van der Waals surface area contributed by atoms with Crippen molar-refractivity contribution in [1.82, 2.24) is 0 Å². The van der Waals surface area contributed by atoms with E-state index in [1.807, 2.05) is 6.92 Å². The Morgan fingerprint density at radius 2 is 1.87 bits per heavy atom. The van der Waals surface area contributed by atoms with Gasteiger partial charge in [-0.05, 0) is 31.8 Å². The van der Waals surface area contributed by atoms with Gasteiger partial charge in [0, 0.05) is 17.1 Å². The molecule has 122 valence electrons. The van der Waals surface area contributed by atoms with Crippen LogP contribution in [0.5, 0.6) is 0 Å². The summed E-state index contributed by atoms with van der Waals surface area (Å²) in [6, 6.07) is -1.07. The maximum absolute atomic E-state index is 12.2. The molecule has 0 fully saturated rings. The minimum absolute atomic E-state index is 0.0108. The lowest BCUT2D eigenvalue weighted by molar-refractivity contribution is -0.123. The van der Waals surface area contributed by atoms with Crippen LogP contribution in [0.4, 0.5) is 0 Å². The summed E-state index contributed by atoms with van der Waals surface area (Å²) in [6.07, 6.45) is 2.54. The van der Waals surface area contributed by atoms with Crippen molar-refractivity contribution in [2.24, 2.45) is 23.3 Å². The van der Waals surface area contributed by atoms with Crippen molar-refractivity contribution in [2.45, 2.75) is 25.8 Å². The molecule has 0 unspecified atom stereocenters. The number of hydrogen-bond donors (Lipinski definition) is 5. The molecule has 0 aromatic rings. The quantitative estimate of drug-likeness (QED) is 0.452. The zero-order valence-corrected chi connectivity index (χ0v) is 12.5. The SMILES string of the molecule is CC1=CC(O)=C2C(O)=C3C(O)=C(C(N)=O)C(=O)[C@H](N)[C@@H]3C[C@@H]2C1. The van der Waals surface area contributed by atoms with Gasteiger partial charge < -0.3 is 26.8 Å². The standard InChI is InChI=1S/C16H18N2O5/c1-5-2-6-4-7-10(13(20)9(6)8(19)3-5)14(21)11(16(18)23)15(22)12(7)17/h3,6-7,12,19-21H,2,4,17H2,1H3,(H2,18,23)/t6-,7+,12+/m0/s1. The van der Waals surface area contributed by atoms with Gasteiger partial charge in [0.15, 0.2) is 5.78 Å². The number of allylic oxidation sites excluding steroid dienone is 4. The zero-order valence-electron chi connectivity index (χ0n) is 12.5. The van der Waals surface area contributed by atoms with Crippen molar-refractivity contribution in [3.8, 4) is 0 Å². The van der Waals surface area contributed by atoms with Crippen molar-refractivity contribution in [1.29, 1.82) is 0 Å². The molecule has 3 rings (SSSR count). The number of nitrogens with two attached hydrogens (primary N) is 2. The minimum atomic E-state index is -1.10. The first-order valence-electron chi connectivity index (χ1n) is 7.31. The van der Waals surface area contributed by atoms with E-state index in [1.54, 1.807) is 6.08 Å². The lowest BCUT2D eigenvalue weighted by atomic mass is 9.66. The number of Topliss-reactive ketones (excluding diaryl/α,β-unsaturated/α-hetero) is 1. The van der Waals surface area contributed by atoms with Gasteiger partial charge in [-0.1, -0.05) is 5.57 Å². The van der Waals surface area contributed by atoms with Crippen molar-refractivity contribution in [2.75, 3.05) is 0 Å². The predicted molar refractivity (Wildman–Crippen MR) is 81.1 cm³/mol. The molecule has 0 aromatic heterocycles. The molecule has 0 aliphatic heterocycles. The van der Waals surface area contributed by atoms with E-state index in [0.29, 0.717) is 18.4 Å². The Morgan fingerprint density at radius 1 is 1.22 bits per heavy atom. The normalized spacial score (nSPS) is 31.0. The average molecular weight is 318 g/mol. The van der Waals surface area contributed by atoms with Crippen molar-refractivity contribution < 1.29 is 24.9 Å². The molecule has 3 aliphatic carbocycles. The number of hydrogen-bond acceptors (Lipinski definition) is 6. The van der Waals surface area contributed by atoms with Gasteiger partial charge in [0.25, 0.3) is 5.91 Å². The van der Waals surface area contributed by atoms with Crippen LogP contribution in [0.3, 0.4) is 0 Å². The highest BCUT2D eigenvalue weighted by Crippen LogP contribution is 2.48. The molecular weight excluding hydrogens is 300 g/mol. The minimum Gasteiger partial charge on any atom is -0.508 e. The molecule has 0 spiro atoms. The highest BCUT2D eigenvalue weighted by molar-refractivity contribution is 6.22. The van der Waals surface area contributed by atoms with Crippen LogP contribution in [-0.4, -0.2) is 33.1 Å². The first-order chi connectivity index (χ1) is 10.7. The molecule has 23 heavy (non-hydrogen) atoms. The van der Waals surface area contributed by atoms with Crippen LogP contribution in [0.1, 0.15) is 19.8 Å². The third-order valence-corrected chi connectivity index (χ3v) is 4.78. The van der Waals surface area contributed by atoms with E-state index in [-0.39, 0.29) is 23.0 Å². The lowest BCUT2D eigenvalue weighted by Crippen LogP contribution is -2.49. The zero-order chi connectivity index (χ0) is 17.0. The van der Waals surface area contributed by atoms with Gasteiger partial charge in [-0.15, -0.1) is 0 Å². The van der Waals surface area contributed by atoms with Crippen LogP contribution in [0.15, 0.2) is 45.6 Å². The highest BCUT2D eigenvalue weighted by Gasteiger charge is 2.47. The Bertz CT molecular complexity index is 756. The van der Waals surface area contributed by atoms with Gasteiger partial charge in [-0.25, -0.2) is 0 Å². The fraction of sp³-hybridized carbons (Fsp3) is 0.375. The van der Waals surface area contributed by atoms with Gasteiger partial charge in [0.05, 0.1) is 6.04 Å². The molecule has 3 atom stereocenters. The Balaban J connectivity index is 2.27. The second-order valence-electron chi connectivity index (χ2n) is 6.27. The third kappa shape index (κ3) is 2.08. The lowest BCUT2D eigenvalue weighted by Gasteiger charge is -2.39. The number of carbonyl (C=O) groups is 2. The Labute approximate surface area is 132 Å². The van der Waals surface area contributed by atoms with Crippen LogP contribution in [0.2, 0.25) is 0 Å². The number of ketones is 1. The van der Waals surface area contributed by atoms with Crippen molar-refractivity contribution in [3.05, 3.63) is 45.6 Å². The molecule has 0 aromatic carbocycles. The molecular formula is C16H18N2O5. The maximum Gasteiger partial charge on any atom is 0.256 e. The number of primary amides is 1. The van der Waals surface area contributed by atoms with Crippen LogP contribution < -0.4 is 11.5 Å². The van der Waals surface area contributed by atoms with Crippen LogP contribution in [0, 0.1) is 11.8 Å². The first-order valence-corrected chi connectivity index (χ1v) is 7.31. The van der Waals surface area contributed by atoms with E-state index in [4.69, 9.17) is 11.5 Å². The molecule has 1 amide bonds. The Hall–Kier alpha value is -2.54. The van der Waals surface area contributed by atoms with E-state index in [0.717, 1.165) is 5.57 Å². The van der Waals surface area contributed by atoms with Gasteiger partial charge in [-0.2, -0.15) is 0 Å². The summed E-state index contributed by atoms with van der Waals surface area (Å²) in [4.78, 5) is 23.7. The first kappa shape index (κ1) is 15.4. The highest BCUT2D eigenvalue weighted by atomic mass is 16.3. The fourth-order valence-corrected chi connectivity index (χ4v) is 3.78. The number of aliphatic hydroxyl groups is 3. The molecule has 0 heterocycles. The summed E-state index contributed by atoms with van der Waals surface area (Å²) in [7, 11) is 0. The van der Waals surface area contributed by atoms with Crippen LogP contribution in [0.25, 0.3) is 0 Å². The summed E-state index contributed by atoms with van der Waals surface area (Å²) in [5, 5.41) is 31.0. The summed E-state index contributed by atoms with van der Waals surface area (Å²) in [5.41, 5.74) is 11.7. The second-order valence-corrected chi connectivity index (χ2v) is 6.27. The van der Waals surface area contributed by atoms with Gasteiger partial charge in [-0.3, -0.25) is 9.59 Å². The fourth-order valence-electron chi connectivity index (χ4n) is 3.78. The molecule has 0 saturated carbocycles. The molecule has 0 bridgehead atoms. The molecule has 3 aliphatic rings. The largest absolute Gasteiger partial charge is 0.508 e. The number of aliphatic hydroxyl groups excluding tert-OH is 3.